The van der Waals surface area contributed by atoms with Crippen LogP contribution in [0.3, 0.4) is 0 Å². The van der Waals surface area contributed by atoms with E-state index in [1.54, 1.807) is 12.1 Å². The van der Waals surface area contributed by atoms with Gasteiger partial charge in [0.2, 0.25) is 15.9 Å². The Morgan fingerprint density at radius 1 is 1.21 bits per heavy atom. The van der Waals surface area contributed by atoms with Crippen molar-refractivity contribution in [1.29, 1.82) is 0 Å². The number of nitrogens with two attached hydrogens (primary N) is 2. The molecule has 1 aromatic carbocycles. The number of carbonyl (C=O) groups excluding carboxylic acids is 2. The Bertz CT molecular complexity index is 1060. The summed E-state index contributed by atoms with van der Waals surface area (Å²) in [6.45, 7) is 5.26. The smallest absolute Gasteiger partial charge is 0.253 e. The van der Waals surface area contributed by atoms with Gasteiger partial charge in [0, 0.05) is 25.0 Å². The SMILES string of the molecule is CC(C)C[C@@H](NC1N=C(Nc2ccc(S(=O)(=O)N3CCOCC3)cc2)C(C(N)=O)=CN1)C(N)=O. The molecule has 0 radical (unpaired) electrons. The maximum absolute atomic E-state index is 12.8. The van der Waals surface area contributed by atoms with Crippen molar-refractivity contribution >= 4 is 33.4 Å². The lowest BCUT2D eigenvalue weighted by Gasteiger charge is -2.27. The van der Waals surface area contributed by atoms with Gasteiger partial charge in [0.05, 0.1) is 29.7 Å². The first-order valence-electron chi connectivity index (χ1n) is 10.9. The summed E-state index contributed by atoms with van der Waals surface area (Å²) in [5, 5.41) is 8.91. The first-order valence-corrected chi connectivity index (χ1v) is 12.4. The summed E-state index contributed by atoms with van der Waals surface area (Å²) in [5.74, 6) is -0.834. The number of primary amides is 2. The van der Waals surface area contributed by atoms with Crippen molar-refractivity contribution in [2.45, 2.75) is 37.5 Å². The maximum Gasteiger partial charge on any atom is 0.253 e. The van der Waals surface area contributed by atoms with E-state index in [1.807, 2.05) is 13.8 Å². The number of rotatable bonds is 9. The first kappa shape index (κ1) is 25.6. The van der Waals surface area contributed by atoms with Crippen molar-refractivity contribution in [2.24, 2.45) is 22.4 Å². The molecule has 1 fully saturated rings. The fraction of sp³-hybridized carbons (Fsp3) is 0.476. The number of amidine groups is 1. The molecule has 2 amide bonds. The van der Waals surface area contributed by atoms with Crippen molar-refractivity contribution in [1.82, 2.24) is 14.9 Å². The van der Waals surface area contributed by atoms with Crippen LogP contribution in [0.4, 0.5) is 5.69 Å². The lowest BCUT2D eigenvalue weighted by Crippen LogP contribution is -2.53. The average molecular weight is 494 g/mol. The minimum atomic E-state index is -3.63. The molecule has 1 aromatic rings. The van der Waals surface area contributed by atoms with Crippen LogP contribution < -0.4 is 27.4 Å². The summed E-state index contributed by atoms with van der Waals surface area (Å²) in [6.07, 6.45) is 1.18. The molecule has 0 saturated carbocycles. The molecule has 2 aliphatic rings. The van der Waals surface area contributed by atoms with E-state index >= 15 is 0 Å². The highest BCUT2D eigenvalue weighted by molar-refractivity contribution is 7.89. The normalized spacial score (nSPS) is 20.1. The van der Waals surface area contributed by atoms with Crippen LogP contribution in [0.1, 0.15) is 20.3 Å². The molecule has 0 aliphatic carbocycles. The summed E-state index contributed by atoms with van der Waals surface area (Å²) in [6, 6.07) is 5.47. The van der Waals surface area contributed by atoms with E-state index in [9.17, 15) is 18.0 Å². The van der Waals surface area contributed by atoms with E-state index in [1.165, 1.54) is 22.6 Å². The number of carbonyl (C=O) groups is 2. The number of aliphatic imine (C=N–C) groups is 1. The molecule has 0 bridgehead atoms. The number of amides is 2. The quantitative estimate of drug-likeness (QED) is 0.298. The zero-order chi connectivity index (χ0) is 24.9. The Hall–Kier alpha value is -3.00. The molecular weight excluding hydrogens is 462 g/mol. The standard InChI is InChI=1S/C21H31N7O5S/c1-13(2)11-17(19(23)30)26-21-24-12-16(18(22)29)20(27-21)25-14-3-5-15(6-4-14)34(31,32)28-7-9-33-10-8-28/h3-6,12-13,17,21,24,26H,7-11H2,1-2H3,(H2,22,29)(H2,23,30)(H,25,27)/t17-,21?/m1/s1. The molecule has 0 spiro atoms. The van der Waals surface area contributed by atoms with E-state index in [0.29, 0.717) is 38.4 Å². The van der Waals surface area contributed by atoms with Gasteiger partial charge in [-0.25, -0.2) is 13.4 Å². The van der Waals surface area contributed by atoms with Crippen LogP contribution in [0, 0.1) is 5.92 Å². The Kier molecular flexibility index (Phi) is 8.25. The fourth-order valence-corrected chi connectivity index (χ4v) is 4.96. The molecular formula is C21H31N7O5S. The molecule has 2 heterocycles. The summed E-state index contributed by atoms with van der Waals surface area (Å²) in [5.41, 5.74) is 11.6. The van der Waals surface area contributed by atoms with Gasteiger partial charge in [0.15, 0.2) is 6.29 Å². The summed E-state index contributed by atoms with van der Waals surface area (Å²) in [4.78, 5) is 28.3. The molecule has 2 aliphatic heterocycles. The minimum Gasteiger partial charge on any atom is -0.379 e. The molecule has 12 nitrogen and oxygen atoms in total. The Balaban J connectivity index is 1.77. The number of hydrogen-bond acceptors (Lipinski definition) is 9. The van der Waals surface area contributed by atoms with Crippen LogP contribution in [0.2, 0.25) is 0 Å². The van der Waals surface area contributed by atoms with Gasteiger partial charge in [0.25, 0.3) is 5.91 Å². The van der Waals surface area contributed by atoms with Gasteiger partial charge >= 0.3 is 0 Å². The monoisotopic (exact) mass is 493 g/mol. The van der Waals surface area contributed by atoms with Crippen molar-refractivity contribution in [3.63, 3.8) is 0 Å². The second-order valence-corrected chi connectivity index (χ2v) is 10.3. The third kappa shape index (κ3) is 6.32. The zero-order valence-electron chi connectivity index (χ0n) is 19.2. The van der Waals surface area contributed by atoms with Crippen LogP contribution >= 0.6 is 0 Å². The van der Waals surface area contributed by atoms with E-state index in [4.69, 9.17) is 16.2 Å². The molecule has 13 heteroatoms. The van der Waals surface area contributed by atoms with Gasteiger partial charge in [0.1, 0.15) is 5.84 Å². The van der Waals surface area contributed by atoms with Gasteiger partial charge in [-0.1, -0.05) is 13.8 Å². The Morgan fingerprint density at radius 2 is 1.85 bits per heavy atom. The molecule has 7 N–H and O–H groups in total. The van der Waals surface area contributed by atoms with Gasteiger partial charge < -0.3 is 26.8 Å². The molecule has 2 atom stereocenters. The van der Waals surface area contributed by atoms with Gasteiger partial charge in [-0.15, -0.1) is 0 Å². The summed E-state index contributed by atoms with van der Waals surface area (Å²) >= 11 is 0. The number of nitrogens with one attached hydrogen (secondary N) is 3. The highest BCUT2D eigenvalue weighted by atomic mass is 32.2. The largest absolute Gasteiger partial charge is 0.379 e. The third-order valence-corrected chi connectivity index (χ3v) is 7.21. The van der Waals surface area contributed by atoms with E-state index in [2.05, 4.69) is 20.9 Å². The molecule has 34 heavy (non-hydrogen) atoms. The Labute approximate surface area is 198 Å². The number of anilines is 1. The van der Waals surface area contributed by atoms with Crippen LogP contribution in [-0.4, -0.2) is 69.0 Å². The van der Waals surface area contributed by atoms with E-state index < -0.39 is 34.2 Å². The number of ether oxygens (including phenoxy) is 1. The molecule has 3 rings (SSSR count). The number of hydrogen-bond donors (Lipinski definition) is 5. The molecule has 0 aromatic heterocycles. The number of nitrogens with zero attached hydrogens (tertiary/aromatic N) is 2. The summed E-state index contributed by atoms with van der Waals surface area (Å²) < 4.78 is 32.2. The van der Waals surface area contributed by atoms with Gasteiger partial charge in [-0.05, 0) is 36.6 Å². The third-order valence-electron chi connectivity index (χ3n) is 5.30. The van der Waals surface area contributed by atoms with E-state index in [-0.39, 0.29) is 22.2 Å². The van der Waals surface area contributed by atoms with Crippen molar-refractivity contribution < 1.29 is 22.7 Å². The second kappa shape index (κ2) is 11.0. The van der Waals surface area contributed by atoms with Crippen molar-refractivity contribution in [3.05, 3.63) is 36.0 Å². The molecule has 1 unspecified atom stereocenters. The number of sulfonamides is 1. The van der Waals surface area contributed by atoms with Gasteiger partial charge in [-0.2, -0.15) is 4.31 Å². The zero-order valence-corrected chi connectivity index (χ0v) is 20.0. The molecule has 186 valence electrons. The first-order chi connectivity index (χ1) is 16.1. The number of morpholine rings is 1. The summed E-state index contributed by atoms with van der Waals surface area (Å²) in [7, 11) is -3.63. The highest BCUT2D eigenvalue weighted by Gasteiger charge is 2.27. The van der Waals surface area contributed by atoms with Crippen LogP contribution in [-0.2, 0) is 24.3 Å². The van der Waals surface area contributed by atoms with E-state index in [0.717, 1.165) is 0 Å². The van der Waals surface area contributed by atoms with Crippen molar-refractivity contribution in [3.8, 4) is 0 Å². The lowest BCUT2D eigenvalue weighted by atomic mass is 10.0. The topological polar surface area (TPSA) is 181 Å². The molecule has 1 saturated heterocycles. The predicted octanol–water partition coefficient (Wildman–Crippen LogP) is -0.736. The predicted molar refractivity (Wildman–Crippen MR) is 127 cm³/mol. The van der Waals surface area contributed by atoms with Gasteiger partial charge in [-0.3, -0.25) is 14.9 Å². The Morgan fingerprint density at radius 3 is 2.41 bits per heavy atom. The second-order valence-electron chi connectivity index (χ2n) is 8.39. The van der Waals surface area contributed by atoms with Crippen LogP contribution in [0.25, 0.3) is 0 Å². The minimum absolute atomic E-state index is 0.0996. The lowest BCUT2D eigenvalue weighted by molar-refractivity contribution is -0.120. The average Bonchev–Trinajstić information content (AvgIpc) is 2.79. The number of benzene rings is 1. The maximum atomic E-state index is 12.8. The fourth-order valence-electron chi connectivity index (χ4n) is 3.55. The van der Waals surface area contributed by atoms with Crippen LogP contribution in [0.15, 0.2) is 45.9 Å². The van der Waals surface area contributed by atoms with Crippen molar-refractivity contribution in [2.75, 3.05) is 31.6 Å². The van der Waals surface area contributed by atoms with Crippen LogP contribution in [0.5, 0.6) is 0 Å². The highest BCUT2D eigenvalue weighted by Crippen LogP contribution is 2.20.